The third-order valence-corrected chi connectivity index (χ3v) is 6.06. The molecule has 0 unspecified atom stereocenters. The standard InChI is InChI=1S/C19H10Cl2I2N2O6/c20-9-1-2-14(11(21)6-9)25-18(29)10(17(28)24-19(25)30)3-8-4-12(22)16(13(23)5-8)31-7-15(26)27/h1-6H,7H2,(H,26,27)(H,24,28,30)/b10-3+. The van der Waals surface area contributed by atoms with Gasteiger partial charge in [-0.3, -0.25) is 14.9 Å². The van der Waals surface area contributed by atoms with Crippen LogP contribution >= 0.6 is 68.4 Å². The van der Waals surface area contributed by atoms with Crippen LogP contribution in [0.5, 0.6) is 5.75 Å². The highest BCUT2D eigenvalue weighted by atomic mass is 127. The van der Waals surface area contributed by atoms with Gasteiger partial charge in [0.15, 0.2) is 6.61 Å². The van der Waals surface area contributed by atoms with Crippen LogP contribution in [-0.2, 0) is 14.4 Å². The topological polar surface area (TPSA) is 113 Å². The first-order valence-corrected chi connectivity index (χ1v) is 11.2. The Morgan fingerprint density at radius 1 is 1.13 bits per heavy atom. The number of nitrogens with zero attached hydrogens (tertiary/aromatic N) is 1. The molecule has 0 aliphatic carbocycles. The second-order valence-electron chi connectivity index (χ2n) is 6.05. The molecular weight excluding hydrogens is 677 g/mol. The fraction of sp³-hybridized carbons (Fsp3) is 0.0526. The molecule has 8 nitrogen and oxygen atoms in total. The molecule has 3 rings (SSSR count). The van der Waals surface area contributed by atoms with E-state index in [0.717, 1.165) is 4.90 Å². The summed E-state index contributed by atoms with van der Waals surface area (Å²) in [5.74, 6) is -2.45. The Hall–Kier alpha value is -1.90. The van der Waals surface area contributed by atoms with E-state index in [4.69, 9.17) is 33.0 Å². The lowest BCUT2D eigenvalue weighted by molar-refractivity contribution is -0.139. The number of carboxylic acids is 1. The highest BCUT2D eigenvalue weighted by molar-refractivity contribution is 14.1. The first kappa shape index (κ1) is 23.8. The lowest BCUT2D eigenvalue weighted by Gasteiger charge is -2.27. The van der Waals surface area contributed by atoms with Gasteiger partial charge >= 0.3 is 12.0 Å². The van der Waals surface area contributed by atoms with Gasteiger partial charge in [-0.25, -0.2) is 14.5 Å². The third-order valence-electron chi connectivity index (χ3n) is 3.92. The predicted octanol–water partition coefficient (Wildman–Crippen LogP) is 4.33. The van der Waals surface area contributed by atoms with Gasteiger partial charge in [-0.2, -0.15) is 0 Å². The first-order chi connectivity index (χ1) is 14.6. The second kappa shape index (κ2) is 9.71. The quantitative estimate of drug-likeness (QED) is 0.275. The molecule has 0 atom stereocenters. The van der Waals surface area contributed by atoms with E-state index in [-0.39, 0.29) is 16.3 Å². The Labute approximate surface area is 212 Å². The maximum Gasteiger partial charge on any atom is 0.341 e. The normalized spacial score (nSPS) is 15.3. The molecule has 160 valence electrons. The number of imide groups is 2. The third kappa shape index (κ3) is 5.30. The molecule has 4 amide bonds. The summed E-state index contributed by atoms with van der Waals surface area (Å²) in [6.07, 6.45) is 1.33. The number of anilines is 1. The van der Waals surface area contributed by atoms with Crippen molar-refractivity contribution in [2.24, 2.45) is 0 Å². The smallest absolute Gasteiger partial charge is 0.341 e. The molecule has 0 spiro atoms. The van der Waals surface area contributed by atoms with Crippen LogP contribution in [0.3, 0.4) is 0 Å². The number of hydrogen-bond donors (Lipinski definition) is 2. The molecule has 1 aliphatic heterocycles. The zero-order valence-electron chi connectivity index (χ0n) is 15.1. The zero-order chi connectivity index (χ0) is 22.9. The Kier molecular flexibility index (Phi) is 7.44. The maximum absolute atomic E-state index is 13.0. The average Bonchev–Trinajstić information content (AvgIpc) is 2.65. The molecule has 31 heavy (non-hydrogen) atoms. The largest absolute Gasteiger partial charge is 0.480 e. The Morgan fingerprint density at radius 3 is 2.35 bits per heavy atom. The van der Waals surface area contributed by atoms with Gasteiger partial charge in [0.05, 0.1) is 17.9 Å². The molecule has 2 aromatic carbocycles. The number of carbonyl (C=O) groups excluding carboxylic acids is 3. The number of nitrogens with one attached hydrogen (secondary N) is 1. The monoisotopic (exact) mass is 686 g/mol. The predicted molar refractivity (Wildman–Crippen MR) is 130 cm³/mol. The summed E-state index contributed by atoms with van der Waals surface area (Å²) in [4.78, 5) is 49.2. The molecule has 1 saturated heterocycles. The Morgan fingerprint density at radius 2 is 1.77 bits per heavy atom. The molecule has 0 radical (unpaired) electrons. The number of halogens is 4. The van der Waals surface area contributed by atoms with E-state index < -0.39 is 30.4 Å². The van der Waals surface area contributed by atoms with Gasteiger partial charge in [0.2, 0.25) is 0 Å². The first-order valence-electron chi connectivity index (χ1n) is 8.28. The van der Waals surface area contributed by atoms with E-state index in [9.17, 15) is 19.2 Å². The van der Waals surface area contributed by atoms with Crippen molar-refractivity contribution < 1.29 is 29.0 Å². The maximum atomic E-state index is 13.0. The number of urea groups is 1. The molecule has 1 fully saturated rings. The number of rotatable bonds is 5. The van der Waals surface area contributed by atoms with E-state index in [0.29, 0.717) is 23.5 Å². The van der Waals surface area contributed by atoms with Gasteiger partial charge in [0, 0.05) is 5.02 Å². The SMILES string of the molecule is O=C(O)COc1c(I)cc(/C=C2\C(=O)NC(=O)N(c3ccc(Cl)cc3Cl)C2=O)cc1I. The van der Waals surface area contributed by atoms with Crippen LogP contribution in [0.15, 0.2) is 35.9 Å². The Bertz CT molecular complexity index is 1150. The average molecular weight is 687 g/mol. The lowest BCUT2D eigenvalue weighted by Crippen LogP contribution is -2.54. The summed E-state index contributed by atoms with van der Waals surface area (Å²) in [6.45, 7) is -0.508. The van der Waals surface area contributed by atoms with Gasteiger partial charge in [-0.05, 0) is 87.2 Å². The molecule has 2 aromatic rings. The number of carboxylic acid groups (broad SMARTS) is 1. The van der Waals surface area contributed by atoms with Crippen molar-refractivity contribution in [2.75, 3.05) is 11.5 Å². The van der Waals surface area contributed by atoms with Crippen LogP contribution in [0.25, 0.3) is 6.08 Å². The molecule has 0 aromatic heterocycles. The molecular formula is C19H10Cl2I2N2O6. The van der Waals surface area contributed by atoms with Crippen molar-refractivity contribution >= 4 is 104 Å². The Balaban J connectivity index is 1.99. The molecule has 1 aliphatic rings. The summed E-state index contributed by atoms with van der Waals surface area (Å²) in [5, 5.41) is 11.3. The van der Waals surface area contributed by atoms with E-state index >= 15 is 0 Å². The number of aliphatic carboxylic acids is 1. The lowest BCUT2D eigenvalue weighted by atomic mass is 10.1. The zero-order valence-corrected chi connectivity index (χ0v) is 20.9. The summed E-state index contributed by atoms with van der Waals surface area (Å²) >= 11 is 15.9. The van der Waals surface area contributed by atoms with Crippen LogP contribution < -0.4 is 15.0 Å². The number of barbiturate groups is 1. The number of benzene rings is 2. The number of hydrogen-bond acceptors (Lipinski definition) is 5. The van der Waals surface area contributed by atoms with Gasteiger partial charge < -0.3 is 9.84 Å². The fourth-order valence-electron chi connectivity index (χ4n) is 2.64. The van der Waals surface area contributed by atoms with Crippen LogP contribution in [0.1, 0.15) is 5.56 Å². The van der Waals surface area contributed by atoms with Crippen LogP contribution in [0.2, 0.25) is 10.0 Å². The van der Waals surface area contributed by atoms with E-state index in [1.165, 1.54) is 24.3 Å². The van der Waals surface area contributed by atoms with Crippen molar-refractivity contribution in [1.82, 2.24) is 5.32 Å². The van der Waals surface area contributed by atoms with Gasteiger partial charge in [0.1, 0.15) is 11.3 Å². The molecule has 12 heteroatoms. The van der Waals surface area contributed by atoms with Crippen molar-refractivity contribution in [3.8, 4) is 5.75 Å². The number of amides is 4. The minimum atomic E-state index is -1.12. The molecule has 1 heterocycles. The van der Waals surface area contributed by atoms with Crippen LogP contribution in [-0.4, -0.2) is 35.5 Å². The van der Waals surface area contributed by atoms with E-state index in [1.54, 1.807) is 12.1 Å². The summed E-state index contributed by atoms with van der Waals surface area (Å²) in [6, 6.07) is 6.53. The van der Waals surface area contributed by atoms with Crippen molar-refractivity contribution in [3.05, 3.63) is 58.7 Å². The van der Waals surface area contributed by atoms with Gasteiger partial charge in [-0.15, -0.1) is 0 Å². The van der Waals surface area contributed by atoms with Crippen LogP contribution in [0.4, 0.5) is 10.5 Å². The highest BCUT2D eigenvalue weighted by Crippen LogP contribution is 2.33. The van der Waals surface area contributed by atoms with Crippen molar-refractivity contribution in [2.45, 2.75) is 0 Å². The summed E-state index contributed by atoms with van der Waals surface area (Å²) in [5.41, 5.74) is 0.274. The summed E-state index contributed by atoms with van der Waals surface area (Å²) < 4.78 is 6.43. The van der Waals surface area contributed by atoms with E-state index in [2.05, 4.69) is 5.32 Å². The van der Waals surface area contributed by atoms with Gasteiger partial charge in [0.25, 0.3) is 11.8 Å². The highest BCUT2D eigenvalue weighted by Gasteiger charge is 2.37. The van der Waals surface area contributed by atoms with Gasteiger partial charge in [-0.1, -0.05) is 23.2 Å². The second-order valence-corrected chi connectivity index (χ2v) is 9.22. The molecule has 0 saturated carbocycles. The number of carbonyl (C=O) groups is 4. The fourth-order valence-corrected chi connectivity index (χ4v) is 5.26. The molecule has 2 N–H and O–H groups in total. The van der Waals surface area contributed by atoms with Crippen LogP contribution in [0, 0.1) is 7.14 Å². The molecule has 0 bridgehead atoms. The van der Waals surface area contributed by atoms with Crippen molar-refractivity contribution in [3.63, 3.8) is 0 Å². The number of ether oxygens (including phenoxy) is 1. The minimum absolute atomic E-state index is 0.0636. The summed E-state index contributed by atoms with van der Waals surface area (Å²) in [7, 11) is 0. The van der Waals surface area contributed by atoms with E-state index in [1.807, 2.05) is 45.2 Å². The minimum Gasteiger partial charge on any atom is -0.480 e. The van der Waals surface area contributed by atoms with Crippen molar-refractivity contribution in [1.29, 1.82) is 0 Å².